The van der Waals surface area contributed by atoms with Crippen LogP contribution in [0.4, 0.5) is 4.79 Å². The molecule has 0 amide bonds. The van der Waals surface area contributed by atoms with E-state index in [2.05, 4.69) is 0 Å². The van der Waals surface area contributed by atoms with Crippen LogP contribution in [0, 0.1) is 0 Å². The number of phosphoric acid groups is 1. The number of hydrogen-bond donors (Lipinski definition) is 5. The van der Waals surface area contributed by atoms with Crippen molar-refractivity contribution in [3.63, 3.8) is 0 Å². The molecule has 0 aromatic heterocycles. The van der Waals surface area contributed by atoms with Crippen LogP contribution in [0.15, 0.2) is 0 Å². The van der Waals surface area contributed by atoms with Crippen molar-refractivity contribution in [2.75, 3.05) is 0 Å². The molecule has 0 saturated heterocycles. The normalized spacial score (nSPS) is 6.92. The molecule has 0 heterocycles. The number of carbonyl (C=O) groups is 1. The topological polar surface area (TPSA) is 135 Å². The third kappa shape index (κ3) is 217. The molecule has 0 fully saturated rings. The van der Waals surface area contributed by atoms with E-state index < -0.39 is 14.0 Å². The monoisotopic (exact) mass is 268 g/mol. The summed E-state index contributed by atoms with van der Waals surface area (Å²) in [5.74, 6) is 0. The molecule has 0 spiro atoms. The molecule has 11 heteroatoms. The summed E-state index contributed by atoms with van der Waals surface area (Å²) in [4.78, 5) is 30.1. The molecule has 0 aliphatic carbocycles. The van der Waals surface area contributed by atoms with Crippen molar-refractivity contribution in [3.8, 4) is 0 Å². The Bertz CT molecular complexity index is 121. The number of carboxylic acid groups (broad SMARTS) is 2. The van der Waals surface area contributed by atoms with Crippen molar-refractivity contribution < 1.29 is 34.3 Å². The van der Waals surface area contributed by atoms with Crippen LogP contribution in [0.3, 0.4) is 0 Å². The summed E-state index contributed by atoms with van der Waals surface area (Å²) < 4.78 is 8.88. The first-order valence-corrected chi connectivity index (χ1v) is 3.00. The Morgan fingerprint density at radius 1 is 1.00 bits per heavy atom. The van der Waals surface area contributed by atoms with Gasteiger partial charge in [-0.1, -0.05) is 0 Å². The van der Waals surface area contributed by atoms with Crippen molar-refractivity contribution in [1.82, 2.24) is 0 Å². The zero-order valence-corrected chi connectivity index (χ0v) is 4.89. The fourth-order valence-corrected chi connectivity index (χ4v) is 0. The third-order valence-corrected chi connectivity index (χ3v) is 0. The Hall–Kier alpha value is 2.90. The first-order chi connectivity index (χ1) is 3.73. The Morgan fingerprint density at radius 2 is 1.00 bits per heavy atom. The van der Waals surface area contributed by atoms with Gasteiger partial charge in [0.05, 0.1) is 0 Å². The van der Waals surface area contributed by atoms with E-state index >= 15 is 0 Å². The number of rotatable bonds is 0. The summed E-state index contributed by atoms with van der Waals surface area (Å²) in [5, 5.41) is 13.9. The van der Waals surface area contributed by atoms with Crippen molar-refractivity contribution in [2.24, 2.45) is 0 Å². The van der Waals surface area contributed by atoms with Gasteiger partial charge in [-0.25, -0.2) is 9.36 Å². The molecule has 0 aromatic carbocycles. The molecule has 0 aromatic rings. The van der Waals surface area contributed by atoms with Crippen LogP contribution >= 0.6 is 7.82 Å². The van der Waals surface area contributed by atoms with Crippen LogP contribution < -0.4 is 0 Å². The Kier molecular flexibility index (Phi) is 40.0. The van der Waals surface area contributed by atoms with E-state index in [1.807, 2.05) is 0 Å². The molecule has 0 atom stereocenters. The Labute approximate surface area is 150 Å². The standard InChI is InChI=1S/CH2O3.2Ca.Na.H3O4P.5H/c2-1(3)4;;;;1-5(2,3)4;;;;;/h(H2,2,3,4);;;;(H3,1,2,3,4);;;;;. The van der Waals surface area contributed by atoms with Crippen molar-refractivity contribution in [1.29, 1.82) is 0 Å². The summed E-state index contributed by atoms with van der Waals surface area (Å²) in [6, 6.07) is 0. The predicted molar refractivity (Wildman–Crippen MR) is 49.2 cm³/mol. The Morgan fingerprint density at radius 3 is 1.00 bits per heavy atom. The zero-order valence-electron chi connectivity index (χ0n) is 4.00. The molecular formula is CH10Ca2NaO7P. The fraction of sp³-hybridized carbons (Fsp3) is 0. The molecule has 0 saturated carbocycles. The fourth-order valence-electron chi connectivity index (χ4n) is 0. The summed E-state index contributed by atoms with van der Waals surface area (Å²) in [6.07, 6.45) is -1.83. The van der Waals surface area contributed by atoms with Gasteiger partial charge in [0.1, 0.15) is 0 Å². The number of hydrogen-bond acceptors (Lipinski definition) is 2. The van der Waals surface area contributed by atoms with Gasteiger partial charge < -0.3 is 24.9 Å². The SMILES string of the molecule is O=C(O)O.O=P(O)(O)O.[CaH2].[CaH2].[NaH]. The average Bonchev–Trinajstić information content (AvgIpc) is 1.19. The molecule has 66 valence electrons. The summed E-state index contributed by atoms with van der Waals surface area (Å²) >= 11 is 0. The van der Waals surface area contributed by atoms with Gasteiger partial charge in [-0.2, -0.15) is 0 Å². The van der Waals surface area contributed by atoms with E-state index in [4.69, 9.17) is 34.3 Å². The molecule has 0 radical (unpaired) electrons. The summed E-state index contributed by atoms with van der Waals surface area (Å²) in [7, 11) is -4.64. The van der Waals surface area contributed by atoms with Crippen molar-refractivity contribution in [3.05, 3.63) is 0 Å². The van der Waals surface area contributed by atoms with Crippen LogP contribution in [0.25, 0.3) is 0 Å². The van der Waals surface area contributed by atoms with Gasteiger partial charge in [-0.05, 0) is 0 Å². The summed E-state index contributed by atoms with van der Waals surface area (Å²) in [5.41, 5.74) is 0. The van der Waals surface area contributed by atoms with Crippen LogP contribution in [0.5, 0.6) is 0 Å². The van der Waals surface area contributed by atoms with E-state index in [0.29, 0.717) is 0 Å². The van der Waals surface area contributed by atoms with Gasteiger partial charge in [0.25, 0.3) is 0 Å². The zero-order chi connectivity index (χ0) is 8.08. The second-order valence-electron chi connectivity index (χ2n) is 0.796. The van der Waals surface area contributed by atoms with Gasteiger partial charge in [-0.3, -0.25) is 0 Å². The van der Waals surface area contributed by atoms with Crippen LogP contribution in [-0.4, -0.2) is 136 Å². The maximum absolute atomic E-state index is 8.88. The van der Waals surface area contributed by atoms with Crippen molar-refractivity contribution in [2.45, 2.75) is 0 Å². The van der Waals surface area contributed by atoms with E-state index in [-0.39, 0.29) is 105 Å². The van der Waals surface area contributed by atoms with E-state index in [0.717, 1.165) is 0 Å². The molecule has 0 rings (SSSR count). The van der Waals surface area contributed by atoms with E-state index in [1.165, 1.54) is 0 Å². The minimum atomic E-state index is -4.64. The molecule has 12 heavy (non-hydrogen) atoms. The molecule has 0 bridgehead atoms. The minimum absolute atomic E-state index is 0. The second kappa shape index (κ2) is 16.3. The molecule has 0 unspecified atom stereocenters. The van der Waals surface area contributed by atoms with Gasteiger partial charge in [0.15, 0.2) is 0 Å². The first-order valence-electron chi connectivity index (χ1n) is 1.43. The molecule has 0 aliphatic heterocycles. The van der Waals surface area contributed by atoms with E-state index in [1.54, 1.807) is 0 Å². The first kappa shape index (κ1) is 29.4. The van der Waals surface area contributed by atoms with Gasteiger partial charge >= 0.3 is 119 Å². The average molecular weight is 268 g/mol. The predicted octanol–water partition coefficient (Wildman–Crippen LogP) is -3.19. The maximum atomic E-state index is 8.88. The van der Waals surface area contributed by atoms with Crippen LogP contribution in [0.1, 0.15) is 0 Å². The molecular weight excluding hydrogens is 258 g/mol. The van der Waals surface area contributed by atoms with E-state index in [9.17, 15) is 0 Å². The van der Waals surface area contributed by atoms with Gasteiger partial charge in [0.2, 0.25) is 0 Å². The quantitative estimate of drug-likeness (QED) is 0.231. The summed E-state index contributed by atoms with van der Waals surface area (Å²) in [6.45, 7) is 0. The third-order valence-electron chi connectivity index (χ3n) is 0. The van der Waals surface area contributed by atoms with Crippen LogP contribution in [0.2, 0.25) is 0 Å². The molecule has 7 nitrogen and oxygen atoms in total. The van der Waals surface area contributed by atoms with Crippen molar-refractivity contribution >= 4 is 119 Å². The van der Waals surface area contributed by atoms with Crippen LogP contribution in [-0.2, 0) is 4.57 Å². The van der Waals surface area contributed by atoms with Gasteiger partial charge in [-0.15, -0.1) is 0 Å². The Balaban J connectivity index is -0.0000000221. The molecule has 5 N–H and O–H groups in total. The molecule has 0 aliphatic rings. The van der Waals surface area contributed by atoms with Gasteiger partial charge in [0, 0.05) is 0 Å². The second-order valence-corrected chi connectivity index (χ2v) is 1.82.